The van der Waals surface area contributed by atoms with Crippen LogP contribution in [0.15, 0.2) is 4.42 Å². The summed E-state index contributed by atoms with van der Waals surface area (Å²) in [5.74, 6) is 0.666. The molecule has 2 aliphatic rings. The van der Waals surface area contributed by atoms with Gasteiger partial charge in [-0.15, -0.1) is 5.10 Å². The fraction of sp³-hybridized carbons (Fsp3) is 0.727. The fourth-order valence-corrected chi connectivity index (χ4v) is 3.62. The molecule has 2 N–H and O–H groups in total. The van der Waals surface area contributed by atoms with Crippen LogP contribution >= 0.6 is 0 Å². The second-order valence-electron chi connectivity index (χ2n) is 5.24. The molecule has 1 saturated carbocycles. The van der Waals surface area contributed by atoms with E-state index in [9.17, 15) is 13.2 Å². The molecule has 2 fully saturated rings. The molecule has 1 aliphatic carbocycles. The minimum atomic E-state index is -3.04. The Morgan fingerprint density at radius 3 is 2.90 bits per heavy atom. The van der Waals surface area contributed by atoms with Gasteiger partial charge < -0.3 is 9.73 Å². The van der Waals surface area contributed by atoms with Crippen LogP contribution in [0.25, 0.3) is 0 Å². The molecule has 2 heterocycles. The number of rotatable bonds is 4. The van der Waals surface area contributed by atoms with Gasteiger partial charge in [0.05, 0.1) is 11.5 Å². The van der Waals surface area contributed by atoms with Crippen molar-refractivity contribution in [1.82, 2.24) is 15.5 Å². The first kappa shape index (κ1) is 13.5. The van der Waals surface area contributed by atoms with Gasteiger partial charge in [0, 0.05) is 24.9 Å². The number of aromatic nitrogens is 2. The lowest BCUT2D eigenvalue weighted by Crippen LogP contribution is -2.46. The van der Waals surface area contributed by atoms with E-state index in [1.807, 2.05) is 0 Å². The normalized spacial score (nSPS) is 25.3. The van der Waals surface area contributed by atoms with Crippen LogP contribution in [-0.2, 0) is 14.6 Å². The molecule has 1 amide bonds. The second-order valence-corrected chi connectivity index (χ2v) is 7.47. The van der Waals surface area contributed by atoms with Gasteiger partial charge >= 0.3 is 6.01 Å². The Hall–Kier alpha value is -1.48. The van der Waals surface area contributed by atoms with E-state index < -0.39 is 9.84 Å². The molecule has 0 radical (unpaired) electrons. The molecule has 9 heteroatoms. The summed E-state index contributed by atoms with van der Waals surface area (Å²) in [6.07, 6.45) is 2.15. The Balaban J connectivity index is 1.53. The van der Waals surface area contributed by atoms with Gasteiger partial charge in [-0.2, -0.15) is 0 Å². The third-order valence-corrected chi connectivity index (χ3v) is 5.08. The quantitative estimate of drug-likeness (QED) is 0.782. The molecule has 110 valence electrons. The molecule has 0 bridgehead atoms. The number of carbonyl (C=O) groups is 1. The smallest absolute Gasteiger partial charge is 0.322 e. The summed E-state index contributed by atoms with van der Waals surface area (Å²) in [4.78, 5) is 11.8. The number of sulfone groups is 1. The highest BCUT2D eigenvalue weighted by atomic mass is 32.2. The molecule has 1 unspecified atom stereocenters. The van der Waals surface area contributed by atoms with Gasteiger partial charge in [0.2, 0.25) is 11.8 Å². The summed E-state index contributed by atoms with van der Waals surface area (Å²) < 4.78 is 28.3. The van der Waals surface area contributed by atoms with Crippen LogP contribution < -0.4 is 10.6 Å². The summed E-state index contributed by atoms with van der Waals surface area (Å²) in [5, 5.41) is 13.1. The summed E-state index contributed by atoms with van der Waals surface area (Å²) in [5.41, 5.74) is 0. The first-order chi connectivity index (χ1) is 9.52. The van der Waals surface area contributed by atoms with Crippen LogP contribution in [-0.4, -0.2) is 48.6 Å². The average molecular weight is 300 g/mol. The summed E-state index contributed by atoms with van der Waals surface area (Å²) in [6.45, 7) is 0.382. The maximum absolute atomic E-state index is 11.8. The van der Waals surface area contributed by atoms with E-state index in [4.69, 9.17) is 4.42 Å². The van der Waals surface area contributed by atoms with Gasteiger partial charge in [-0.05, 0) is 12.8 Å². The maximum Gasteiger partial charge on any atom is 0.322 e. The van der Waals surface area contributed by atoms with E-state index in [1.54, 1.807) is 0 Å². The van der Waals surface area contributed by atoms with Crippen molar-refractivity contribution < 1.29 is 17.6 Å². The lowest BCUT2D eigenvalue weighted by Gasteiger charge is -2.22. The molecule has 8 nitrogen and oxygen atoms in total. The molecule has 0 aromatic carbocycles. The van der Waals surface area contributed by atoms with Crippen molar-refractivity contribution >= 4 is 21.8 Å². The fourth-order valence-electron chi connectivity index (χ4n) is 2.17. The van der Waals surface area contributed by atoms with E-state index in [0.29, 0.717) is 18.4 Å². The highest BCUT2D eigenvalue weighted by Crippen LogP contribution is 2.39. The van der Waals surface area contributed by atoms with E-state index in [0.717, 1.165) is 12.8 Å². The molecule has 1 aromatic rings. The SMILES string of the molecule is O=C(CC1CS(=O)(=O)CCN1)Nc1nnc(C2CC2)o1. The molecule has 1 saturated heterocycles. The molecule has 3 rings (SSSR count). The molecule has 1 aliphatic heterocycles. The van der Waals surface area contributed by atoms with Crippen LogP contribution in [0, 0.1) is 0 Å². The molecule has 0 spiro atoms. The predicted molar refractivity (Wildman–Crippen MR) is 70.0 cm³/mol. The van der Waals surface area contributed by atoms with Crippen molar-refractivity contribution in [3.05, 3.63) is 5.89 Å². The zero-order valence-electron chi connectivity index (χ0n) is 10.8. The van der Waals surface area contributed by atoms with Gasteiger partial charge in [0.15, 0.2) is 9.84 Å². The van der Waals surface area contributed by atoms with Crippen molar-refractivity contribution in [2.75, 3.05) is 23.4 Å². The van der Waals surface area contributed by atoms with E-state index in [-0.39, 0.29) is 35.9 Å². The molecule has 1 aromatic heterocycles. The highest BCUT2D eigenvalue weighted by molar-refractivity contribution is 7.91. The molecule has 1 atom stereocenters. The predicted octanol–water partition coefficient (Wildman–Crippen LogP) is -0.338. The van der Waals surface area contributed by atoms with Gasteiger partial charge in [-0.25, -0.2) is 8.42 Å². The Bertz CT molecular complexity index is 608. The maximum atomic E-state index is 11.8. The van der Waals surface area contributed by atoms with Crippen LogP contribution in [0.5, 0.6) is 0 Å². The minimum absolute atomic E-state index is 0.0163. The Kier molecular flexibility index (Phi) is 3.47. The molecule has 20 heavy (non-hydrogen) atoms. The monoisotopic (exact) mass is 300 g/mol. The van der Waals surface area contributed by atoms with E-state index in [2.05, 4.69) is 20.8 Å². The number of carbonyl (C=O) groups excluding carboxylic acids is 1. The molecular formula is C11H16N4O4S. The number of hydrogen-bond donors (Lipinski definition) is 2. The number of anilines is 1. The second kappa shape index (κ2) is 5.13. The largest absolute Gasteiger partial charge is 0.408 e. The zero-order chi connectivity index (χ0) is 14.2. The first-order valence-electron chi connectivity index (χ1n) is 6.59. The lowest BCUT2D eigenvalue weighted by atomic mass is 10.2. The van der Waals surface area contributed by atoms with Gasteiger partial charge in [-0.1, -0.05) is 5.10 Å². The van der Waals surface area contributed by atoms with Crippen molar-refractivity contribution in [3.63, 3.8) is 0 Å². The summed E-state index contributed by atoms with van der Waals surface area (Å²) >= 11 is 0. The van der Waals surface area contributed by atoms with Crippen molar-refractivity contribution in [2.24, 2.45) is 0 Å². The van der Waals surface area contributed by atoms with Crippen molar-refractivity contribution in [1.29, 1.82) is 0 Å². The topological polar surface area (TPSA) is 114 Å². The molecular weight excluding hydrogens is 284 g/mol. The Labute approximate surface area is 116 Å². The zero-order valence-corrected chi connectivity index (χ0v) is 11.6. The van der Waals surface area contributed by atoms with Gasteiger partial charge in [0.25, 0.3) is 0 Å². The Morgan fingerprint density at radius 1 is 1.40 bits per heavy atom. The average Bonchev–Trinajstić information content (AvgIpc) is 3.09. The number of amides is 1. The number of nitrogens with zero attached hydrogens (tertiary/aromatic N) is 2. The summed E-state index contributed by atoms with van der Waals surface area (Å²) in [7, 11) is -3.04. The lowest BCUT2D eigenvalue weighted by molar-refractivity contribution is -0.116. The third kappa shape index (κ3) is 3.34. The van der Waals surface area contributed by atoms with Crippen LogP contribution in [0.4, 0.5) is 6.01 Å². The standard InChI is InChI=1S/C11H16N4O4S/c16-9(5-8-6-20(17,18)4-3-12-8)13-11-15-14-10(19-11)7-1-2-7/h7-8,12H,1-6H2,(H,13,15,16). The van der Waals surface area contributed by atoms with E-state index >= 15 is 0 Å². The Morgan fingerprint density at radius 2 is 2.20 bits per heavy atom. The number of nitrogens with one attached hydrogen (secondary N) is 2. The van der Waals surface area contributed by atoms with Crippen LogP contribution in [0.3, 0.4) is 0 Å². The van der Waals surface area contributed by atoms with Gasteiger partial charge in [0.1, 0.15) is 0 Å². The van der Waals surface area contributed by atoms with Crippen molar-refractivity contribution in [3.8, 4) is 0 Å². The third-order valence-electron chi connectivity index (χ3n) is 3.35. The van der Waals surface area contributed by atoms with E-state index in [1.165, 1.54) is 0 Å². The van der Waals surface area contributed by atoms with Crippen molar-refractivity contribution in [2.45, 2.75) is 31.2 Å². The van der Waals surface area contributed by atoms with Crippen LogP contribution in [0.1, 0.15) is 31.1 Å². The highest BCUT2D eigenvalue weighted by Gasteiger charge is 2.30. The van der Waals surface area contributed by atoms with Gasteiger partial charge in [-0.3, -0.25) is 10.1 Å². The summed E-state index contributed by atoms with van der Waals surface area (Å²) in [6, 6.07) is -0.282. The number of hydrogen-bond acceptors (Lipinski definition) is 7. The minimum Gasteiger partial charge on any atom is -0.408 e. The van der Waals surface area contributed by atoms with Crippen LogP contribution in [0.2, 0.25) is 0 Å². The first-order valence-corrected chi connectivity index (χ1v) is 8.41.